The Balaban J connectivity index is 2.06. The van der Waals surface area contributed by atoms with Crippen molar-refractivity contribution < 1.29 is 22.6 Å². The first-order valence-corrected chi connectivity index (χ1v) is 7.93. The van der Waals surface area contributed by atoms with Crippen molar-refractivity contribution in [1.29, 1.82) is 0 Å². The molecule has 1 unspecified atom stereocenters. The molecule has 0 amide bonds. The molecule has 0 aliphatic heterocycles. The van der Waals surface area contributed by atoms with Crippen molar-refractivity contribution in [2.45, 2.75) is 40.0 Å². The Morgan fingerprint density at radius 1 is 1.08 bits per heavy atom. The molecule has 3 nitrogen and oxygen atoms in total. The van der Waals surface area contributed by atoms with Gasteiger partial charge in [0.1, 0.15) is 5.75 Å². The number of benzene rings is 2. The Labute approximate surface area is 145 Å². The Kier molecular flexibility index (Phi) is 6.31. The third-order valence-corrected chi connectivity index (χ3v) is 4.02. The highest BCUT2D eigenvalue weighted by Crippen LogP contribution is 2.27. The number of alkyl halides is 2. The molecule has 2 aromatic carbocycles. The monoisotopic (exact) mass is 353 g/mol. The summed E-state index contributed by atoms with van der Waals surface area (Å²) in [5.41, 5.74) is 3.04. The van der Waals surface area contributed by atoms with Crippen LogP contribution < -0.4 is 14.8 Å². The summed E-state index contributed by atoms with van der Waals surface area (Å²) >= 11 is 0. The molecule has 0 aromatic heterocycles. The molecule has 0 saturated heterocycles. The van der Waals surface area contributed by atoms with Crippen molar-refractivity contribution in [2.75, 3.05) is 7.11 Å². The van der Waals surface area contributed by atoms with Crippen LogP contribution in [0, 0.1) is 19.7 Å². The van der Waals surface area contributed by atoms with Crippen LogP contribution in [0.3, 0.4) is 0 Å². The van der Waals surface area contributed by atoms with Gasteiger partial charge in [0.25, 0.3) is 0 Å². The van der Waals surface area contributed by atoms with Crippen molar-refractivity contribution >= 4 is 0 Å². The molecule has 1 atom stereocenters. The predicted molar refractivity (Wildman–Crippen MR) is 90.8 cm³/mol. The number of methoxy groups -OCH3 is 1. The summed E-state index contributed by atoms with van der Waals surface area (Å²) in [5, 5.41) is 3.30. The number of aryl methyl sites for hydroxylation is 2. The van der Waals surface area contributed by atoms with Crippen LogP contribution in [0.2, 0.25) is 0 Å². The maximum absolute atomic E-state index is 13.8. The smallest absolute Gasteiger partial charge is 0.387 e. The van der Waals surface area contributed by atoms with Gasteiger partial charge in [-0.1, -0.05) is 18.2 Å². The topological polar surface area (TPSA) is 30.5 Å². The number of rotatable bonds is 7. The van der Waals surface area contributed by atoms with Crippen LogP contribution >= 0.6 is 0 Å². The van der Waals surface area contributed by atoms with Gasteiger partial charge in [-0.15, -0.1) is 0 Å². The minimum absolute atomic E-state index is 0.0852. The van der Waals surface area contributed by atoms with Gasteiger partial charge in [-0.3, -0.25) is 0 Å². The molecule has 2 aromatic rings. The summed E-state index contributed by atoms with van der Waals surface area (Å²) in [4.78, 5) is 0. The predicted octanol–water partition coefficient (Wildman–Crippen LogP) is 4.90. The largest absolute Gasteiger partial charge is 0.494 e. The number of ether oxygens (including phenoxy) is 2. The van der Waals surface area contributed by atoms with E-state index < -0.39 is 12.4 Å². The molecule has 0 aliphatic rings. The molecule has 0 saturated carbocycles. The molecular formula is C19H22F3NO2. The van der Waals surface area contributed by atoms with E-state index in [2.05, 4.69) is 10.1 Å². The van der Waals surface area contributed by atoms with Gasteiger partial charge in [0.15, 0.2) is 11.6 Å². The van der Waals surface area contributed by atoms with E-state index in [1.54, 1.807) is 38.1 Å². The Bertz CT molecular complexity index is 712. The first-order chi connectivity index (χ1) is 11.8. The van der Waals surface area contributed by atoms with Gasteiger partial charge in [-0.05, 0) is 55.2 Å². The molecular weight excluding hydrogens is 331 g/mol. The summed E-state index contributed by atoms with van der Waals surface area (Å²) in [7, 11) is 1.42. The average Bonchev–Trinajstić information content (AvgIpc) is 2.55. The summed E-state index contributed by atoms with van der Waals surface area (Å²) < 4.78 is 48.1. The first kappa shape index (κ1) is 19.1. The van der Waals surface area contributed by atoms with E-state index in [4.69, 9.17) is 4.74 Å². The van der Waals surface area contributed by atoms with Crippen LogP contribution in [0.5, 0.6) is 11.5 Å². The molecule has 0 aliphatic carbocycles. The van der Waals surface area contributed by atoms with Gasteiger partial charge < -0.3 is 14.8 Å². The fourth-order valence-corrected chi connectivity index (χ4v) is 2.76. The molecule has 0 heterocycles. The highest BCUT2D eigenvalue weighted by Gasteiger charge is 2.13. The average molecular weight is 353 g/mol. The van der Waals surface area contributed by atoms with Gasteiger partial charge in [0.05, 0.1) is 7.11 Å². The lowest BCUT2D eigenvalue weighted by atomic mass is 10.0. The van der Waals surface area contributed by atoms with E-state index in [1.807, 2.05) is 6.92 Å². The third kappa shape index (κ3) is 4.89. The molecule has 2 rings (SSSR count). The quantitative estimate of drug-likeness (QED) is 0.768. The second-order valence-corrected chi connectivity index (χ2v) is 5.93. The van der Waals surface area contributed by atoms with E-state index in [0.29, 0.717) is 17.7 Å². The van der Waals surface area contributed by atoms with Gasteiger partial charge in [0.2, 0.25) is 0 Å². The normalized spacial score (nSPS) is 12.3. The number of hydrogen-bond acceptors (Lipinski definition) is 3. The lowest BCUT2D eigenvalue weighted by molar-refractivity contribution is -0.0507. The van der Waals surface area contributed by atoms with Crippen LogP contribution in [0.1, 0.15) is 35.2 Å². The summed E-state index contributed by atoms with van der Waals surface area (Å²) in [6.45, 7) is 3.07. The van der Waals surface area contributed by atoms with Crippen molar-refractivity contribution in [3.8, 4) is 11.5 Å². The molecule has 0 bridgehead atoms. The minimum atomic E-state index is -2.84. The standard InChI is InChI=1S/C19H22F3NO2/c1-11-7-14(8-12(2)18(11)25-19(21)22)10-23-13(3)15-5-6-17(24-4)16(20)9-15/h5-9,13,19,23H,10H2,1-4H3. The van der Waals surface area contributed by atoms with Crippen LogP contribution in [0.15, 0.2) is 30.3 Å². The zero-order valence-corrected chi connectivity index (χ0v) is 14.7. The van der Waals surface area contributed by atoms with Gasteiger partial charge in [-0.25, -0.2) is 4.39 Å². The van der Waals surface area contributed by atoms with E-state index >= 15 is 0 Å². The van der Waals surface area contributed by atoms with Crippen molar-refractivity contribution in [1.82, 2.24) is 5.32 Å². The Hall–Kier alpha value is -2.21. The summed E-state index contributed by atoms with van der Waals surface area (Å²) in [6.07, 6.45) is 0. The van der Waals surface area contributed by atoms with Crippen molar-refractivity contribution in [2.24, 2.45) is 0 Å². The zero-order valence-electron chi connectivity index (χ0n) is 14.7. The Morgan fingerprint density at radius 2 is 1.72 bits per heavy atom. The molecule has 0 fully saturated rings. The second kappa shape index (κ2) is 8.25. The number of nitrogens with one attached hydrogen (secondary N) is 1. The molecule has 1 N–H and O–H groups in total. The fourth-order valence-electron chi connectivity index (χ4n) is 2.76. The van der Waals surface area contributed by atoms with Crippen LogP contribution in [0.4, 0.5) is 13.2 Å². The van der Waals surface area contributed by atoms with Crippen molar-refractivity contribution in [3.05, 3.63) is 58.4 Å². The zero-order chi connectivity index (χ0) is 18.6. The van der Waals surface area contributed by atoms with E-state index in [1.165, 1.54) is 13.2 Å². The molecule has 0 spiro atoms. The highest BCUT2D eigenvalue weighted by molar-refractivity contribution is 5.43. The number of halogens is 3. The minimum Gasteiger partial charge on any atom is -0.494 e. The van der Waals surface area contributed by atoms with Crippen molar-refractivity contribution in [3.63, 3.8) is 0 Å². The van der Waals surface area contributed by atoms with Gasteiger partial charge in [0, 0.05) is 12.6 Å². The van der Waals surface area contributed by atoms with E-state index in [-0.39, 0.29) is 17.5 Å². The molecule has 136 valence electrons. The third-order valence-electron chi connectivity index (χ3n) is 4.02. The Morgan fingerprint density at radius 3 is 2.24 bits per heavy atom. The van der Waals surface area contributed by atoms with Crippen LogP contribution in [-0.4, -0.2) is 13.7 Å². The maximum atomic E-state index is 13.8. The fraction of sp³-hybridized carbons (Fsp3) is 0.368. The van der Waals surface area contributed by atoms with Gasteiger partial charge in [-0.2, -0.15) is 8.78 Å². The van der Waals surface area contributed by atoms with Crippen LogP contribution in [-0.2, 0) is 6.54 Å². The lowest BCUT2D eigenvalue weighted by Gasteiger charge is -2.17. The van der Waals surface area contributed by atoms with Gasteiger partial charge >= 0.3 is 6.61 Å². The highest BCUT2D eigenvalue weighted by atomic mass is 19.3. The SMILES string of the molecule is COc1ccc(C(C)NCc2cc(C)c(OC(F)F)c(C)c2)cc1F. The summed E-state index contributed by atoms with van der Waals surface area (Å²) in [5.74, 6) is 0.00896. The second-order valence-electron chi connectivity index (χ2n) is 5.93. The molecule has 25 heavy (non-hydrogen) atoms. The van der Waals surface area contributed by atoms with E-state index in [9.17, 15) is 13.2 Å². The number of hydrogen-bond donors (Lipinski definition) is 1. The maximum Gasteiger partial charge on any atom is 0.387 e. The summed E-state index contributed by atoms with van der Waals surface area (Å²) in [6, 6.07) is 8.35. The van der Waals surface area contributed by atoms with Crippen LogP contribution in [0.25, 0.3) is 0 Å². The van der Waals surface area contributed by atoms with E-state index in [0.717, 1.165) is 11.1 Å². The first-order valence-electron chi connectivity index (χ1n) is 7.93. The lowest BCUT2D eigenvalue weighted by Crippen LogP contribution is -2.18. The molecule has 6 heteroatoms. The molecule has 0 radical (unpaired) electrons.